The molecule has 1 saturated carbocycles. The lowest BCUT2D eigenvalue weighted by molar-refractivity contribution is -0.144. The van der Waals surface area contributed by atoms with Crippen molar-refractivity contribution in [2.24, 2.45) is 17.8 Å². The van der Waals surface area contributed by atoms with Gasteiger partial charge in [0, 0.05) is 13.5 Å². The molecule has 0 radical (unpaired) electrons. The zero-order chi connectivity index (χ0) is 20.1. The summed E-state index contributed by atoms with van der Waals surface area (Å²) in [5, 5.41) is 9.51. The number of ether oxygens (including phenoxy) is 1. The molecule has 27 heavy (non-hydrogen) atoms. The molecule has 0 aromatic rings. The summed E-state index contributed by atoms with van der Waals surface area (Å²) in [6, 6.07) is 0. The van der Waals surface area contributed by atoms with Crippen molar-refractivity contribution in [3.8, 4) is 0 Å². The molecule has 1 rings (SSSR count). The highest BCUT2D eigenvalue weighted by atomic mass is 16.5. The van der Waals surface area contributed by atoms with E-state index in [4.69, 9.17) is 4.74 Å². The van der Waals surface area contributed by atoms with Gasteiger partial charge in [-0.15, -0.1) is 0 Å². The van der Waals surface area contributed by atoms with Gasteiger partial charge in [-0.05, 0) is 76.2 Å². The van der Waals surface area contributed by atoms with Crippen molar-refractivity contribution >= 4 is 5.97 Å². The fraction of sp³-hybridized carbons (Fsp3) is 0.708. The van der Waals surface area contributed by atoms with Crippen molar-refractivity contribution in [1.82, 2.24) is 0 Å². The minimum absolute atomic E-state index is 0.155. The number of carbonyl (C=O) groups is 1. The van der Waals surface area contributed by atoms with Crippen LogP contribution in [0.1, 0.15) is 79.1 Å². The topological polar surface area (TPSA) is 46.5 Å². The van der Waals surface area contributed by atoms with Gasteiger partial charge in [-0.25, -0.2) is 0 Å². The largest absolute Gasteiger partial charge is 0.458 e. The van der Waals surface area contributed by atoms with E-state index in [0.717, 1.165) is 32.1 Å². The van der Waals surface area contributed by atoms with Crippen molar-refractivity contribution in [2.75, 3.05) is 6.61 Å². The minimum atomic E-state index is -0.224. The van der Waals surface area contributed by atoms with E-state index in [-0.39, 0.29) is 18.7 Å². The number of esters is 1. The molecular weight excluding hydrogens is 336 g/mol. The number of hydrogen-bond donors (Lipinski definition) is 1. The van der Waals surface area contributed by atoms with E-state index in [1.165, 1.54) is 31.8 Å². The molecule has 0 spiro atoms. The Kier molecular flexibility index (Phi) is 12.1. The van der Waals surface area contributed by atoms with Gasteiger partial charge < -0.3 is 9.84 Å². The molecule has 154 valence electrons. The highest BCUT2D eigenvalue weighted by molar-refractivity contribution is 5.66. The van der Waals surface area contributed by atoms with Gasteiger partial charge in [-0.2, -0.15) is 0 Å². The Balaban J connectivity index is 2.48. The van der Waals surface area contributed by atoms with Crippen LogP contribution in [0.25, 0.3) is 0 Å². The molecule has 0 amide bonds. The number of rotatable bonds is 11. The Labute approximate surface area is 166 Å². The van der Waals surface area contributed by atoms with Gasteiger partial charge >= 0.3 is 5.97 Å². The predicted molar refractivity (Wildman–Crippen MR) is 113 cm³/mol. The number of carbonyl (C=O) groups excluding carboxylic acids is 1. The Morgan fingerprint density at radius 1 is 1.11 bits per heavy atom. The van der Waals surface area contributed by atoms with Crippen LogP contribution in [0, 0.1) is 17.8 Å². The smallest absolute Gasteiger partial charge is 0.303 e. The zero-order valence-electron chi connectivity index (χ0n) is 17.8. The third-order valence-corrected chi connectivity index (χ3v) is 5.47. The second-order valence-electron chi connectivity index (χ2n) is 8.35. The molecule has 0 aromatic heterocycles. The summed E-state index contributed by atoms with van der Waals surface area (Å²) in [7, 11) is 0. The highest BCUT2D eigenvalue weighted by Gasteiger charge is 2.21. The van der Waals surface area contributed by atoms with Crippen molar-refractivity contribution in [2.45, 2.75) is 85.2 Å². The second kappa shape index (κ2) is 13.8. The summed E-state index contributed by atoms with van der Waals surface area (Å²) >= 11 is 0. The van der Waals surface area contributed by atoms with Gasteiger partial charge in [0.25, 0.3) is 0 Å². The molecule has 1 aliphatic rings. The standard InChI is InChI=1S/C24H40O3/c1-19(2)10-9-11-20(3)16-17-24(27-21(4)26)15-8-7-13-22-12-5-6-14-23(22)18-25/h7-8,10,13,15,20,22-25H,5-6,9,11-12,14,16-18H2,1-4H3/b13-7?,15-8+/t20-,22-,23+,24-/m0/s1. The van der Waals surface area contributed by atoms with Crippen LogP contribution < -0.4 is 0 Å². The molecule has 0 aromatic carbocycles. The van der Waals surface area contributed by atoms with Crippen molar-refractivity contribution < 1.29 is 14.6 Å². The molecule has 0 saturated heterocycles. The minimum Gasteiger partial charge on any atom is -0.458 e. The molecule has 0 aliphatic heterocycles. The first-order chi connectivity index (χ1) is 12.9. The van der Waals surface area contributed by atoms with Crippen molar-refractivity contribution in [3.63, 3.8) is 0 Å². The molecule has 0 heterocycles. The van der Waals surface area contributed by atoms with Gasteiger partial charge in [-0.1, -0.05) is 49.6 Å². The van der Waals surface area contributed by atoms with Crippen LogP contribution >= 0.6 is 0 Å². The van der Waals surface area contributed by atoms with E-state index < -0.39 is 0 Å². The fourth-order valence-electron chi connectivity index (χ4n) is 3.77. The van der Waals surface area contributed by atoms with Gasteiger partial charge in [0.1, 0.15) is 6.10 Å². The van der Waals surface area contributed by atoms with Crippen LogP contribution in [0.15, 0.2) is 36.0 Å². The van der Waals surface area contributed by atoms with E-state index in [1.54, 1.807) is 0 Å². The maximum atomic E-state index is 11.4. The zero-order valence-corrected chi connectivity index (χ0v) is 17.8. The summed E-state index contributed by atoms with van der Waals surface area (Å²) in [5.41, 5.74) is 1.37. The molecule has 0 bridgehead atoms. The fourth-order valence-corrected chi connectivity index (χ4v) is 3.77. The lowest BCUT2D eigenvalue weighted by Crippen LogP contribution is -2.20. The monoisotopic (exact) mass is 376 g/mol. The normalized spacial score (nSPS) is 22.7. The maximum Gasteiger partial charge on any atom is 0.303 e. The van der Waals surface area contributed by atoms with E-state index in [0.29, 0.717) is 17.8 Å². The first-order valence-electron chi connectivity index (χ1n) is 10.7. The SMILES string of the molecule is CC(=O)O[C@@H](/C=C/C=C[C@@H]1CCCC[C@@H]1CO)CC[C@@H](C)CCC=C(C)C. The maximum absolute atomic E-state index is 11.4. The average molecular weight is 377 g/mol. The van der Waals surface area contributed by atoms with Crippen LogP contribution in [0.2, 0.25) is 0 Å². The summed E-state index contributed by atoms with van der Waals surface area (Å²) in [6.45, 7) is 8.29. The quantitative estimate of drug-likeness (QED) is 0.274. The number of allylic oxidation sites excluding steroid dienone is 5. The van der Waals surface area contributed by atoms with Crippen LogP contribution in [0.5, 0.6) is 0 Å². The van der Waals surface area contributed by atoms with Crippen LogP contribution in [-0.2, 0) is 9.53 Å². The molecule has 1 fully saturated rings. The van der Waals surface area contributed by atoms with Gasteiger partial charge in [0.2, 0.25) is 0 Å². The van der Waals surface area contributed by atoms with E-state index in [1.807, 2.05) is 12.2 Å². The first-order valence-corrected chi connectivity index (χ1v) is 10.7. The molecule has 0 unspecified atom stereocenters. The van der Waals surface area contributed by atoms with Crippen molar-refractivity contribution in [3.05, 3.63) is 36.0 Å². The molecule has 1 aliphatic carbocycles. The lowest BCUT2D eigenvalue weighted by atomic mass is 9.79. The molecule has 3 nitrogen and oxygen atoms in total. The Bertz CT molecular complexity index is 500. The third kappa shape index (κ3) is 11.2. The molecule has 4 atom stereocenters. The number of aliphatic hydroxyl groups excluding tert-OH is 1. The van der Waals surface area contributed by atoms with E-state index in [9.17, 15) is 9.90 Å². The van der Waals surface area contributed by atoms with Crippen molar-refractivity contribution in [1.29, 1.82) is 0 Å². The predicted octanol–water partition coefficient (Wildman–Crippen LogP) is 5.99. The van der Waals surface area contributed by atoms with Gasteiger partial charge in [-0.3, -0.25) is 4.79 Å². The molecule has 3 heteroatoms. The Morgan fingerprint density at radius 2 is 1.85 bits per heavy atom. The summed E-state index contributed by atoms with van der Waals surface area (Å²) in [5.74, 6) is 1.26. The second-order valence-corrected chi connectivity index (χ2v) is 8.35. The highest BCUT2D eigenvalue weighted by Crippen LogP contribution is 2.30. The summed E-state index contributed by atoms with van der Waals surface area (Å²) in [4.78, 5) is 11.4. The third-order valence-electron chi connectivity index (χ3n) is 5.47. The summed E-state index contributed by atoms with van der Waals surface area (Å²) < 4.78 is 5.47. The Morgan fingerprint density at radius 3 is 2.52 bits per heavy atom. The van der Waals surface area contributed by atoms with E-state index >= 15 is 0 Å². The molecule has 1 N–H and O–H groups in total. The lowest BCUT2D eigenvalue weighted by Gasteiger charge is -2.27. The van der Waals surface area contributed by atoms with Gasteiger partial charge in [0.15, 0.2) is 0 Å². The number of hydrogen-bond acceptors (Lipinski definition) is 3. The van der Waals surface area contributed by atoms with E-state index in [2.05, 4.69) is 39.0 Å². The average Bonchev–Trinajstić information content (AvgIpc) is 2.62. The van der Waals surface area contributed by atoms with Crippen LogP contribution in [0.3, 0.4) is 0 Å². The summed E-state index contributed by atoms with van der Waals surface area (Å²) in [6.07, 6.45) is 19.4. The Hall–Kier alpha value is -1.35. The van der Waals surface area contributed by atoms with Crippen LogP contribution in [0.4, 0.5) is 0 Å². The van der Waals surface area contributed by atoms with Gasteiger partial charge in [0.05, 0.1) is 0 Å². The first kappa shape index (κ1) is 23.7. The van der Waals surface area contributed by atoms with Crippen LogP contribution in [-0.4, -0.2) is 23.8 Å². The molecular formula is C24H40O3. The number of aliphatic hydroxyl groups is 1.